The van der Waals surface area contributed by atoms with Crippen LogP contribution in [0.15, 0.2) is 35.2 Å². The van der Waals surface area contributed by atoms with Gasteiger partial charge in [-0.15, -0.1) is 0 Å². The largest absolute Gasteiger partial charge is 0.490 e. The molecule has 2 atom stereocenters. The molecule has 3 aliphatic heterocycles. The number of rotatable bonds is 4. The monoisotopic (exact) mass is 461 g/mol. The van der Waals surface area contributed by atoms with Crippen LogP contribution in [0.3, 0.4) is 0 Å². The van der Waals surface area contributed by atoms with E-state index in [0.717, 1.165) is 6.42 Å². The van der Waals surface area contributed by atoms with Crippen LogP contribution in [-0.2, 0) is 19.6 Å². The number of imide groups is 1. The second kappa shape index (κ2) is 8.49. The summed E-state index contributed by atoms with van der Waals surface area (Å²) in [7, 11) is -3.68. The van der Waals surface area contributed by atoms with Crippen molar-refractivity contribution < 1.29 is 27.5 Å². The van der Waals surface area contributed by atoms with Gasteiger partial charge in [0.25, 0.3) is 0 Å². The Morgan fingerprint density at radius 1 is 0.875 bits per heavy atom. The smallest absolute Gasteiger partial charge is 0.243 e. The van der Waals surface area contributed by atoms with Crippen molar-refractivity contribution in [2.24, 2.45) is 11.8 Å². The summed E-state index contributed by atoms with van der Waals surface area (Å²) >= 11 is 0. The van der Waals surface area contributed by atoms with Gasteiger partial charge in [0.2, 0.25) is 21.8 Å². The van der Waals surface area contributed by atoms with E-state index in [1.54, 1.807) is 12.1 Å². The number of amides is 2. The maximum atomic E-state index is 13.2. The molecule has 0 aromatic heterocycles. The fraction of sp³-hybridized carbons (Fsp3) is 0.545. The summed E-state index contributed by atoms with van der Waals surface area (Å²) in [6, 6.07) is 4.72. The Labute approximate surface area is 187 Å². The van der Waals surface area contributed by atoms with Crippen LogP contribution in [0, 0.1) is 11.8 Å². The fourth-order valence-electron chi connectivity index (χ4n) is 4.77. The number of piperazine rings is 1. The lowest BCUT2D eigenvalue weighted by atomic mass is 9.85. The van der Waals surface area contributed by atoms with Crippen LogP contribution in [0.2, 0.25) is 0 Å². The molecule has 1 aromatic carbocycles. The first-order chi connectivity index (χ1) is 15.4. The number of allylic oxidation sites excluding steroid dienone is 2. The molecule has 0 spiro atoms. The first-order valence-corrected chi connectivity index (χ1v) is 12.5. The van der Waals surface area contributed by atoms with E-state index in [-0.39, 0.29) is 35.2 Å². The highest BCUT2D eigenvalue weighted by molar-refractivity contribution is 7.89. The van der Waals surface area contributed by atoms with Crippen molar-refractivity contribution in [3.63, 3.8) is 0 Å². The molecule has 2 amide bonds. The Balaban J connectivity index is 1.22. The van der Waals surface area contributed by atoms with Crippen molar-refractivity contribution in [1.29, 1.82) is 0 Å². The van der Waals surface area contributed by atoms with Gasteiger partial charge >= 0.3 is 0 Å². The van der Waals surface area contributed by atoms with Gasteiger partial charge in [-0.25, -0.2) is 8.42 Å². The highest BCUT2D eigenvalue weighted by Gasteiger charge is 2.47. The topological polar surface area (TPSA) is 96.5 Å². The zero-order chi connectivity index (χ0) is 22.3. The molecule has 0 N–H and O–H groups in total. The minimum Gasteiger partial charge on any atom is -0.490 e. The van der Waals surface area contributed by atoms with Gasteiger partial charge < -0.3 is 9.47 Å². The molecule has 1 aliphatic carbocycles. The first-order valence-electron chi connectivity index (χ1n) is 11.1. The molecular weight excluding hydrogens is 434 g/mol. The Hall–Kier alpha value is -2.43. The predicted molar refractivity (Wildman–Crippen MR) is 114 cm³/mol. The van der Waals surface area contributed by atoms with E-state index in [2.05, 4.69) is 0 Å². The third-order valence-electron chi connectivity index (χ3n) is 6.63. The summed E-state index contributed by atoms with van der Waals surface area (Å²) in [5.41, 5.74) is 0. The Bertz CT molecular complexity index is 1020. The molecule has 1 aromatic rings. The van der Waals surface area contributed by atoms with Gasteiger partial charge in [-0.2, -0.15) is 4.31 Å². The van der Waals surface area contributed by atoms with E-state index in [1.807, 2.05) is 17.1 Å². The molecule has 9 nitrogen and oxygen atoms in total. The second-order valence-electron chi connectivity index (χ2n) is 8.58. The number of carbonyl (C=O) groups is 2. The second-order valence-corrected chi connectivity index (χ2v) is 10.5. The highest BCUT2D eigenvalue weighted by atomic mass is 32.2. The van der Waals surface area contributed by atoms with Gasteiger partial charge in [-0.1, -0.05) is 12.2 Å². The summed E-state index contributed by atoms with van der Waals surface area (Å²) in [5, 5.41) is 0. The van der Waals surface area contributed by atoms with Gasteiger partial charge in [-0.05, 0) is 25.0 Å². The minimum atomic E-state index is -3.68. The number of likely N-dealkylation sites (tertiary alicyclic amines) is 1. The number of hydrogen-bond donors (Lipinski definition) is 0. The molecule has 5 rings (SSSR count). The number of fused-ring (bicyclic) bond motifs is 2. The van der Waals surface area contributed by atoms with E-state index in [9.17, 15) is 18.0 Å². The van der Waals surface area contributed by atoms with Crippen LogP contribution in [-0.4, -0.2) is 80.4 Å². The van der Waals surface area contributed by atoms with Gasteiger partial charge in [0.05, 0.1) is 36.6 Å². The molecule has 3 heterocycles. The number of nitrogens with zero attached hydrogens (tertiary/aromatic N) is 3. The van der Waals surface area contributed by atoms with Crippen molar-refractivity contribution in [2.45, 2.75) is 24.2 Å². The zero-order valence-electron chi connectivity index (χ0n) is 17.8. The van der Waals surface area contributed by atoms with Crippen LogP contribution < -0.4 is 9.47 Å². The quantitative estimate of drug-likeness (QED) is 0.489. The lowest BCUT2D eigenvalue weighted by Gasteiger charge is -2.35. The number of ether oxygens (including phenoxy) is 2. The van der Waals surface area contributed by atoms with Crippen LogP contribution in [0.4, 0.5) is 0 Å². The average molecular weight is 462 g/mol. The van der Waals surface area contributed by atoms with Crippen LogP contribution in [0.5, 0.6) is 11.5 Å². The highest BCUT2D eigenvalue weighted by Crippen LogP contribution is 2.36. The van der Waals surface area contributed by atoms with E-state index < -0.39 is 10.0 Å². The standard InChI is InChI=1S/C22H27N3O6S/c26-21-17-4-1-2-5-18(17)22(27)25(21)15-23-8-10-24(11-9-23)32(28,29)16-6-7-19-20(14-16)31-13-3-12-30-19/h1-2,6-7,14,17-18H,3-5,8-13,15H2. The molecule has 0 bridgehead atoms. The molecule has 0 saturated carbocycles. The van der Waals surface area contributed by atoms with E-state index >= 15 is 0 Å². The van der Waals surface area contributed by atoms with Crippen molar-refractivity contribution in [2.75, 3.05) is 46.1 Å². The summed E-state index contributed by atoms with van der Waals surface area (Å²) in [6.07, 6.45) is 5.93. The molecule has 2 unspecified atom stereocenters. The SMILES string of the molecule is O=C1C2CC=CCC2C(=O)N1CN1CCN(S(=O)(=O)c2ccc3c(c2)OCCCO3)CC1. The number of benzene rings is 1. The van der Waals surface area contributed by atoms with Crippen molar-refractivity contribution >= 4 is 21.8 Å². The summed E-state index contributed by atoms with van der Waals surface area (Å²) in [6.45, 7) is 2.75. The summed E-state index contributed by atoms with van der Waals surface area (Å²) in [4.78, 5) is 28.9. The van der Waals surface area contributed by atoms with E-state index in [4.69, 9.17) is 9.47 Å². The molecule has 2 saturated heterocycles. The lowest BCUT2D eigenvalue weighted by Crippen LogP contribution is -2.52. The normalized spacial score (nSPS) is 26.8. The van der Waals surface area contributed by atoms with Crippen LogP contribution in [0.25, 0.3) is 0 Å². The molecule has 2 fully saturated rings. The molecule has 10 heteroatoms. The summed E-state index contributed by atoms with van der Waals surface area (Å²) in [5.74, 6) is 0.312. The third-order valence-corrected chi connectivity index (χ3v) is 8.52. The van der Waals surface area contributed by atoms with Crippen molar-refractivity contribution in [1.82, 2.24) is 14.1 Å². The van der Waals surface area contributed by atoms with Crippen molar-refractivity contribution in [3.8, 4) is 11.5 Å². The maximum Gasteiger partial charge on any atom is 0.243 e. The Kier molecular flexibility index (Phi) is 5.68. The number of hydrogen-bond acceptors (Lipinski definition) is 7. The molecule has 4 aliphatic rings. The van der Waals surface area contributed by atoms with Crippen LogP contribution >= 0.6 is 0 Å². The predicted octanol–water partition coefficient (Wildman–Crippen LogP) is 1.06. The molecule has 0 radical (unpaired) electrons. The minimum absolute atomic E-state index is 0.105. The zero-order valence-corrected chi connectivity index (χ0v) is 18.6. The lowest BCUT2D eigenvalue weighted by molar-refractivity contribution is -0.142. The molecule has 32 heavy (non-hydrogen) atoms. The first kappa shape index (κ1) is 21.4. The van der Waals surface area contributed by atoms with Crippen LogP contribution in [0.1, 0.15) is 19.3 Å². The van der Waals surface area contributed by atoms with E-state index in [0.29, 0.717) is 63.7 Å². The summed E-state index contributed by atoms with van der Waals surface area (Å²) < 4.78 is 39.0. The number of sulfonamides is 1. The Morgan fingerprint density at radius 2 is 1.50 bits per heavy atom. The van der Waals surface area contributed by atoms with Gasteiger partial charge in [-0.3, -0.25) is 19.4 Å². The van der Waals surface area contributed by atoms with Gasteiger partial charge in [0.15, 0.2) is 11.5 Å². The van der Waals surface area contributed by atoms with E-state index in [1.165, 1.54) is 15.3 Å². The fourth-order valence-corrected chi connectivity index (χ4v) is 6.21. The number of carbonyl (C=O) groups excluding carboxylic acids is 2. The molecule has 172 valence electrons. The molecular formula is C22H27N3O6S. The van der Waals surface area contributed by atoms with Gasteiger partial charge in [0, 0.05) is 38.7 Å². The average Bonchev–Trinajstić information content (AvgIpc) is 2.97. The maximum absolute atomic E-state index is 13.2. The van der Waals surface area contributed by atoms with Gasteiger partial charge in [0.1, 0.15) is 0 Å². The third kappa shape index (κ3) is 3.80. The Morgan fingerprint density at radius 3 is 2.16 bits per heavy atom. The van der Waals surface area contributed by atoms with Crippen molar-refractivity contribution in [3.05, 3.63) is 30.4 Å².